The highest BCUT2D eigenvalue weighted by Crippen LogP contribution is 2.08. The molecule has 0 aliphatic heterocycles. The van der Waals surface area contributed by atoms with Gasteiger partial charge in [-0.15, -0.1) is 0 Å². The van der Waals surface area contributed by atoms with E-state index in [-0.39, 0.29) is 6.61 Å². The normalized spacial score (nSPS) is 10.9. The summed E-state index contributed by atoms with van der Waals surface area (Å²) in [6, 6.07) is 20.5. The number of amides is 1. The van der Waals surface area contributed by atoms with Gasteiger partial charge in [0.15, 0.2) is 0 Å². The maximum absolute atomic E-state index is 12.2. The number of aryl methyl sites for hydroxylation is 2. The molecule has 0 unspecified atom stereocenters. The van der Waals surface area contributed by atoms with Gasteiger partial charge in [-0.2, -0.15) is 11.8 Å². The minimum absolute atomic E-state index is 0.126. The highest BCUT2D eigenvalue weighted by molar-refractivity contribution is 7.99. The van der Waals surface area contributed by atoms with Gasteiger partial charge in [0.2, 0.25) is 0 Å². The van der Waals surface area contributed by atoms with Crippen LogP contribution in [0.5, 0.6) is 0 Å². The van der Waals surface area contributed by atoms with E-state index >= 15 is 0 Å². The van der Waals surface area contributed by atoms with Crippen molar-refractivity contribution in [1.29, 1.82) is 0 Å². The number of rotatable bonds is 15. The third kappa shape index (κ3) is 18.9. The van der Waals surface area contributed by atoms with E-state index < -0.39 is 29.7 Å². The third-order valence-corrected chi connectivity index (χ3v) is 7.13. The first kappa shape index (κ1) is 38.6. The largest absolute Gasteiger partial charge is 0.480 e. The summed E-state index contributed by atoms with van der Waals surface area (Å²) >= 11 is 1.50. The van der Waals surface area contributed by atoms with Crippen LogP contribution in [0, 0.1) is 18.6 Å². The van der Waals surface area contributed by atoms with Crippen molar-refractivity contribution in [1.82, 2.24) is 10.6 Å². The second kappa shape index (κ2) is 23.9. The van der Waals surface area contributed by atoms with Crippen LogP contribution in [0.25, 0.3) is 0 Å². The molecule has 1 atom stereocenters. The Bertz CT molecular complexity index is 1170. The van der Waals surface area contributed by atoms with E-state index in [1.54, 1.807) is 6.92 Å². The Kier molecular flexibility index (Phi) is 21.0. The Morgan fingerprint density at radius 1 is 0.932 bits per heavy atom. The van der Waals surface area contributed by atoms with E-state index in [4.69, 9.17) is 15.6 Å². The van der Waals surface area contributed by atoms with Gasteiger partial charge in [-0.3, -0.25) is 0 Å². The van der Waals surface area contributed by atoms with E-state index in [1.165, 1.54) is 47.9 Å². The summed E-state index contributed by atoms with van der Waals surface area (Å²) in [6.07, 6.45) is 3.70. The average molecular weight is 632 g/mol. The van der Waals surface area contributed by atoms with Crippen molar-refractivity contribution in [3.8, 4) is 0 Å². The Morgan fingerprint density at radius 2 is 1.59 bits per heavy atom. The molecule has 3 aromatic carbocycles. The molecule has 0 spiro atoms. The molecule has 0 radical (unpaired) electrons. The SMILES string of the molecule is CCCSC[C@@H](NC(=O)OCc1ccccc1)C(=O)O.CCCc1cccc(CNCCCN)c1.Cc1cc(F)cc(F)c1. The molecule has 1 amide bonds. The molecule has 0 saturated heterocycles. The van der Waals surface area contributed by atoms with Gasteiger partial charge in [-0.1, -0.05) is 74.9 Å². The second-order valence-electron chi connectivity index (χ2n) is 10.0. The lowest BCUT2D eigenvalue weighted by Gasteiger charge is -2.14. The number of aliphatic carboxylic acids is 1. The fraction of sp³-hybridized carbons (Fsp3) is 0.412. The van der Waals surface area contributed by atoms with Gasteiger partial charge in [-0.25, -0.2) is 18.4 Å². The molecule has 0 aliphatic rings. The number of carboxylic acid groups (broad SMARTS) is 1. The lowest BCUT2D eigenvalue weighted by atomic mass is 10.1. The molecule has 0 aromatic heterocycles. The van der Waals surface area contributed by atoms with Crippen molar-refractivity contribution in [2.45, 2.75) is 65.6 Å². The fourth-order valence-corrected chi connectivity index (χ4v) is 4.68. The maximum atomic E-state index is 12.2. The third-order valence-electron chi connectivity index (χ3n) is 5.86. The van der Waals surface area contributed by atoms with E-state index in [1.807, 2.05) is 37.3 Å². The number of halogens is 2. The zero-order valence-corrected chi connectivity index (χ0v) is 26.8. The minimum Gasteiger partial charge on any atom is -0.480 e. The number of hydrogen-bond acceptors (Lipinski definition) is 6. The van der Waals surface area contributed by atoms with Crippen molar-refractivity contribution in [3.63, 3.8) is 0 Å². The van der Waals surface area contributed by atoms with Crippen LogP contribution in [0.1, 0.15) is 55.4 Å². The quantitative estimate of drug-likeness (QED) is 0.136. The molecule has 10 heteroatoms. The molecule has 242 valence electrons. The number of nitrogens with two attached hydrogens (primary N) is 1. The van der Waals surface area contributed by atoms with Gasteiger partial charge in [0.1, 0.15) is 24.3 Å². The number of hydrogen-bond donors (Lipinski definition) is 4. The predicted octanol–water partition coefficient (Wildman–Crippen LogP) is 6.86. The first-order valence-electron chi connectivity index (χ1n) is 14.9. The first-order chi connectivity index (χ1) is 21.2. The lowest BCUT2D eigenvalue weighted by Crippen LogP contribution is -2.42. The van der Waals surface area contributed by atoms with Crippen molar-refractivity contribution in [2.24, 2.45) is 5.73 Å². The first-order valence-corrected chi connectivity index (χ1v) is 16.0. The molecule has 3 rings (SSSR count). The van der Waals surface area contributed by atoms with Gasteiger partial charge in [-0.05, 0) is 79.4 Å². The summed E-state index contributed by atoms with van der Waals surface area (Å²) in [5, 5.41) is 14.8. The number of ether oxygens (including phenoxy) is 1. The number of thioether (sulfide) groups is 1. The molecule has 5 N–H and O–H groups in total. The molecule has 0 bridgehead atoms. The molecule has 0 fully saturated rings. The van der Waals surface area contributed by atoms with E-state index in [2.05, 4.69) is 41.8 Å². The van der Waals surface area contributed by atoms with Gasteiger partial charge in [0, 0.05) is 18.4 Å². The molecule has 0 saturated carbocycles. The molecule has 0 heterocycles. The molecule has 7 nitrogen and oxygen atoms in total. The van der Waals surface area contributed by atoms with Crippen LogP contribution in [-0.2, 0) is 29.1 Å². The number of carbonyl (C=O) groups excluding carboxylic acids is 1. The van der Waals surface area contributed by atoms with Crippen LogP contribution in [0.2, 0.25) is 0 Å². The van der Waals surface area contributed by atoms with Crippen LogP contribution in [0.4, 0.5) is 13.6 Å². The predicted molar refractivity (Wildman–Crippen MR) is 176 cm³/mol. The van der Waals surface area contributed by atoms with Gasteiger partial charge < -0.3 is 26.2 Å². The molecule has 3 aromatic rings. The number of carbonyl (C=O) groups is 2. The van der Waals surface area contributed by atoms with Crippen molar-refractivity contribution < 1.29 is 28.2 Å². The summed E-state index contributed by atoms with van der Waals surface area (Å²) in [6.45, 7) is 8.73. The Balaban J connectivity index is 0.000000354. The molecular weight excluding hydrogens is 584 g/mol. The average Bonchev–Trinajstić information content (AvgIpc) is 2.99. The molecule has 44 heavy (non-hydrogen) atoms. The standard InChI is InChI=1S/C14H19NO4S.C13H22N2.C7H6F2/c1-2-8-20-10-12(13(16)17)15-14(18)19-9-11-6-4-3-5-7-11;1-2-5-12-6-3-7-13(10-12)11-15-9-4-8-14;1-5-2-6(8)4-7(9)3-5/h3-7,12H,2,8-10H2,1H3,(H,15,18)(H,16,17);3,6-7,10,15H,2,4-5,8-9,11,14H2,1H3;2-4H,1H3/t12-;;/m1../s1. The van der Waals surface area contributed by atoms with E-state index in [9.17, 15) is 18.4 Å². The van der Waals surface area contributed by atoms with Gasteiger partial charge in [0.25, 0.3) is 0 Å². The highest BCUT2D eigenvalue weighted by Gasteiger charge is 2.20. The smallest absolute Gasteiger partial charge is 0.408 e. The van der Waals surface area contributed by atoms with Crippen LogP contribution < -0.4 is 16.4 Å². The van der Waals surface area contributed by atoms with Crippen LogP contribution in [0.3, 0.4) is 0 Å². The molecule has 0 aliphatic carbocycles. The fourth-order valence-electron chi connectivity index (χ4n) is 3.76. The van der Waals surface area contributed by atoms with E-state index in [0.717, 1.165) is 49.9 Å². The van der Waals surface area contributed by atoms with Crippen LogP contribution in [-0.4, -0.2) is 47.8 Å². The monoisotopic (exact) mass is 631 g/mol. The zero-order chi connectivity index (χ0) is 32.6. The maximum Gasteiger partial charge on any atom is 0.408 e. The number of benzene rings is 3. The van der Waals surface area contributed by atoms with Crippen molar-refractivity contribution >= 4 is 23.8 Å². The van der Waals surface area contributed by atoms with Gasteiger partial charge in [0.05, 0.1) is 0 Å². The van der Waals surface area contributed by atoms with E-state index in [0.29, 0.717) is 11.3 Å². The number of carboxylic acids is 1. The molecular formula is C34H47F2N3O4S. The summed E-state index contributed by atoms with van der Waals surface area (Å²) in [5.41, 5.74) is 9.71. The van der Waals surface area contributed by atoms with Gasteiger partial charge >= 0.3 is 12.1 Å². The highest BCUT2D eigenvalue weighted by atomic mass is 32.2. The Morgan fingerprint density at radius 3 is 2.18 bits per heavy atom. The summed E-state index contributed by atoms with van der Waals surface area (Å²) < 4.78 is 29.4. The Hall–Kier alpha value is -3.47. The Labute approximate surface area is 265 Å². The lowest BCUT2D eigenvalue weighted by molar-refractivity contribution is -0.138. The van der Waals surface area contributed by atoms with Crippen molar-refractivity contribution in [2.75, 3.05) is 24.6 Å². The summed E-state index contributed by atoms with van der Waals surface area (Å²) in [5.74, 6) is -0.890. The topological polar surface area (TPSA) is 114 Å². The second-order valence-corrected chi connectivity index (χ2v) is 11.2. The van der Waals surface area contributed by atoms with Crippen LogP contribution in [0.15, 0.2) is 72.8 Å². The number of alkyl carbamates (subject to hydrolysis) is 1. The summed E-state index contributed by atoms with van der Waals surface area (Å²) in [4.78, 5) is 22.6. The minimum atomic E-state index is -1.05. The summed E-state index contributed by atoms with van der Waals surface area (Å²) in [7, 11) is 0. The van der Waals surface area contributed by atoms with Crippen LogP contribution >= 0.6 is 11.8 Å². The zero-order valence-electron chi connectivity index (χ0n) is 26.0. The number of nitrogens with one attached hydrogen (secondary N) is 2. The van der Waals surface area contributed by atoms with Crippen molar-refractivity contribution in [3.05, 3.63) is 107 Å².